The highest BCUT2D eigenvalue weighted by Crippen LogP contribution is 2.29. The molecule has 1 aromatic heterocycles. The zero-order valence-electron chi connectivity index (χ0n) is 11.3. The number of hydrogen-bond donors (Lipinski definition) is 2. The maximum Gasteiger partial charge on any atom is 0.241 e. The number of aromatic nitrogens is 2. The van der Waals surface area contributed by atoms with Gasteiger partial charge in [0.15, 0.2) is 0 Å². The van der Waals surface area contributed by atoms with Crippen LogP contribution in [-0.2, 0) is 11.3 Å². The third-order valence-electron chi connectivity index (χ3n) is 4.20. The smallest absolute Gasteiger partial charge is 0.241 e. The van der Waals surface area contributed by atoms with Gasteiger partial charge in [-0.1, -0.05) is 0 Å². The molecule has 2 bridgehead atoms. The van der Waals surface area contributed by atoms with Crippen LogP contribution in [0.3, 0.4) is 0 Å². The summed E-state index contributed by atoms with van der Waals surface area (Å²) in [7, 11) is 1.64. The number of fused-ring (bicyclic) bond motifs is 2. The van der Waals surface area contributed by atoms with Crippen LogP contribution in [-0.4, -0.2) is 53.3 Å². The van der Waals surface area contributed by atoms with Crippen molar-refractivity contribution in [3.8, 4) is 0 Å². The van der Waals surface area contributed by atoms with Gasteiger partial charge in [-0.25, -0.2) is 0 Å². The van der Waals surface area contributed by atoms with Crippen LogP contribution >= 0.6 is 0 Å². The van der Waals surface area contributed by atoms with Crippen LogP contribution in [0.2, 0.25) is 0 Å². The second kappa shape index (κ2) is 5.21. The normalized spacial score (nSPS) is 29.2. The molecular weight excluding hydrogens is 242 g/mol. The van der Waals surface area contributed by atoms with Crippen molar-refractivity contribution in [1.29, 1.82) is 0 Å². The van der Waals surface area contributed by atoms with Crippen LogP contribution in [0.15, 0.2) is 12.4 Å². The summed E-state index contributed by atoms with van der Waals surface area (Å²) in [5.74, 6) is 0.731. The number of carbonyl (C=O) groups is 1. The van der Waals surface area contributed by atoms with Gasteiger partial charge in [-0.2, -0.15) is 5.10 Å². The Hall–Kier alpha value is -1.56. The summed E-state index contributed by atoms with van der Waals surface area (Å²) in [4.78, 5) is 13.8. The van der Waals surface area contributed by atoms with Gasteiger partial charge in [-0.3, -0.25) is 9.48 Å². The minimum Gasteiger partial charge on any atom is -0.379 e. The Kier molecular flexibility index (Phi) is 3.42. The van der Waals surface area contributed by atoms with E-state index in [2.05, 4.69) is 20.6 Å². The molecule has 0 spiro atoms. The molecule has 2 N–H and O–H groups in total. The van der Waals surface area contributed by atoms with Crippen molar-refractivity contribution in [2.75, 3.05) is 32.0 Å². The van der Waals surface area contributed by atoms with Crippen molar-refractivity contribution in [2.24, 2.45) is 5.92 Å². The third-order valence-corrected chi connectivity index (χ3v) is 4.20. The molecule has 2 aliphatic rings. The first-order chi connectivity index (χ1) is 9.24. The van der Waals surface area contributed by atoms with Crippen molar-refractivity contribution in [2.45, 2.75) is 25.4 Å². The largest absolute Gasteiger partial charge is 0.379 e. The van der Waals surface area contributed by atoms with Crippen molar-refractivity contribution in [3.05, 3.63) is 12.4 Å². The van der Waals surface area contributed by atoms with E-state index < -0.39 is 0 Å². The lowest BCUT2D eigenvalue weighted by Gasteiger charge is -2.31. The summed E-state index contributed by atoms with van der Waals surface area (Å²) in [6, 6.07) is 0.552. The Labute approximate surface area is 113 Å². The van der Waals surface area contributed by atoms with Gasteiger partial charge in [0.25, 0.3) is 0 Å². The molecule has 6 heteroatoms. The van der Waals surface area contributed by atoms with Crippen LogP contribution < -0.4 is 10.6 Å². The zero-order chi connectivity index (χ0) is 13.2. The number of amides is 1. The molecule has 0 aliphatic carbocycles. The molecule has 3 heterocycles. The molecule has 2 fully saturated rings. The molecule has 104 valence electrons. The lowest BCUT2D eigenvalue weighted by Crippen LogP contribution is -2.39. The molecule has 3 rings (SSSR count). The second-order valence-corrected chi connectivity index (χ2v) is 5.49. The molecule has 3 unspecified atom stereocenters. The Morgan fingerprint density at radius 2 is 2.32 bits per heavy atom. The first kappa shape index (κ1) is 12.5. The van der Waals surface area contributed by atoms with Crippen molar-refractivity contribution < 1.29 is 4.79 Å². The van der Waals surface area contributed by atoms with E-state index in [0.717, 1.165) is 11.6 Å². The van der Waals surface area contributed by atoms with Gasteiger partial charge in [0.1, 0.15) is 6.54 Å². The lowest BCUT2D eigenvalue weighted by atomic mass is 9.94. The molecular formula is C13H21N5O. The number of nitrogens with one attached hydrogen (secondary N) is 2. The third kappa shape index (κ3) is 2.73. The first-order valence-corrected chi connectivity index (χ1v) is 6.96. The van der Waals surface area contributed by atoms with E-state index in [1.165, 1.54) is 32.5 Å². The molecule has 1 amide bonds. The highest BCUT2D eigenvalue weighted by atomic mass is 16.1. The fourth-order valence-electron chi connectivity index (χ4n) is 3.11. The summed E-state index contributed by atoms with van der Waals surface area (Å²) in [5.41, 5.74) is 1.02. The molecule has 2 aliphatic heterocycles. The van der Waals surface area contributed by atoms with Crippen molar-refractivity contribution in [3.63, 3.8) is 0 Å². The Bertz CT molecular complexity index is 458. The fourth-order valence-corrected chi connectivity index (χ4v) is 3.11. The van der Waals surface area contributed by atoms with E-state index >= 15 is 0 Å². The Morgan fingerprint density at radius 3 is 3.16 bits per heavy atom. The van der Waals surface area contributed by atoms with Crippen LogP contribution in [0.4, 0.5) is 5.69 Å². The molecule has 6 nitrogen and oxygen atoms in total. The topological polar surface area (TPSA) is 62.2 Å². The minimum atomic E-state index is -0.0289. The summed E-state index contributed by atoms with van der Waals surface area (Å²) >= 11 is 0. The number of carbonyl (C=O) groups excluding carboxylic acids is 1. The molecule has 0 radical (unpaired) electrons. The van der Waals surface area contributed by atoms with Gasteiger partial charge < -0.3 is 15.5 Å². The zero-order valence-corrected chi connectivity index (χ0v) is 11.3. The molecule has 19 heavy (non-hydrogen) atoms. The minimum absolute atomic E-state index is 0.0289. The van der Waals surface area contributed by atoms with Crippen LogP contribution in [0.25, 0.3) is 0 Å². The average molecular weight is 263 g/mol. The number of nitrogens with zero attached hydrogens (tertiary/aromatic N) is 3. The van der Waals surface area contributed by atoms with Crippen molar-refractivity contribution in [1.82, 2.24) is 20.0 Å². The lowest BCUT2D eigenvalue weighted by molar-refractivity contribution is -0.121. The van der Waals surface area contributed by atoms with Gasteiger partial charge in [0.2, 0.25) is 5.91 Å². The number of anilines is 1. The van der Waals surface area contributed by atoms with Crippen LogP contribution in [0.5, 0.6) is 0 Å². The van der Waals surface area contributed by atoms with E-state index in [4.69, 9.17) is 0 Å². The molecule has 0 saturated carbocycles. The van der Waals surface area contributed by atoms with Gasteiger partial charge in [0.05, 0.1) is 11.9 Å². The van der Waals surface area contributed by atoms with Crippen molar-refractivity contribution >= 4 is 11.6 Å². The van der Waals surface area contributed by atoms with E-state index in [-0.39, 0.29) is 12.5 Å². The van der Waals surface area contributed by atoms with E-state index in [1.54, 1.807) is 11.7 Å². The summed E-state index contributed by atoms with van der Waals surface area (Å²) in [6.07, 6.45) is 6.22. The van der Waals surface area contributed by atoms with Gasteiger partial charge >= 0.3 is 0 Å². The Balaban J connectivity index is 1.59. The predicted molar refractivity (Wildman–Crippen MR) is 72.9 cm³/mol. The number of rotatable bonds is 4. The molecule has 1 aromatic rings. The maximum absolute atomic E-state index is 11.3. The Morgan fingerprint density at radius 1 is 1.47 bits per heavy atom. The van der Waals surface area contributed by atoms with Crippen LogP contribution in [0.1, 0.15) is 12.8 Å². The summed E-state index contributed by atoms with van der Waals surface area (Å²) in [6.45, 7) is 3.95. The molecule has 3 atom stereocenters. The van der Waals surface area contributed by atoms with Crippen LogP contribution in [0, 0.1) is 5.92 Å². The summed E-state index contributed by atoms with van der Waals surface area (Å²) < 4.78 is 1.67. The quantitative estimate of drug-likeness (QED) is 0.811. The molecule has 0 aromatic carbocycles. The highest BCUT2D eigenvalue weighted by Gasteiger charge is 2.34. The number of piperidine rings is 1. The average Bonchev–Trinajstić information content (AvgIpc) is 3.00. The highest BCUT2D eigenvalue weighted by molar-refractivity contribution is 5.75. The molecule has 2 saturated heterocycles. The first-order valence-electron chi connectivity index (χ1n) is 6.96. The monoisotopic (exact) mass is 263 g/mol. The van der Waals surface area contributed by atoms with Gasteiger partial charge in [0, 0.05) is 32.4 Å². The SMILES string of the molecule is CNC(=O)Cn1cc(NC2CCN3CCC2C3)cn1. The maximum atomic E-state index is 11.3. The van der Waals surface area contributed by atoms with Gasteiger partial charge in [-0.15, -0.1) is 0 Å². The number of hydrogen-bond acceptors (Lipinski definition) is 4. The van der Waals surface area contributed by atoms with E-state index in [1.807, 2.05) is 12.4 Å². The second-order valence-electron chi connectivity index (χ2n) is 5.49. The van der Waals surface area contributed by atoms with Gasteiger partial charge in [-0.05, 0) is 25.3 Å². The fraction of sp³-hybridized carbons (Fsp3) is 0.692. The van der Waals surface area contributed by atoms with E-state index in [0.29, 0.717) is 6.04 Å². The van der Waals surface area contributed by atoms with E-state index in [9.17, 15) is 4.79 Å². The number of likely N-dealkylation sites (N-methyl/N-ethyl adjacent to an activating group) is 1. The summed E-state index contributed by atoms with van der Waals surface area (Å²) in [5, 5.41) is 10.4. The standard InChI is InChI=1S/C13H21N5O/c1-14-13(19)9-18-8-11(6-15-18)16-12-3-5-17-4-2-10(12)7-17/h6,8,10,12,16H,2-5,7,9H2,1H3,(H,14,19). The predicted octanol–water partition coefficient (Wildman–Crippen LogP) is 0.135.